The Hall–Kier alpha value is -0.858. The van der Waals surface area contributed by atoms with Crippen molar-refractivity contribution in [3.8, 4) is 0 Å². The van der Waals surface area contributed by atoms with Gasteiger partial charge in [0.05, 0.1) is 22.9 Å². The van der Waals surface area contributed by atoms with Crippen molar-refractivity contribution in [3.05, 3.63) is 22.8 Å². The third-order valence-electron chi connectivity index (χ3n) is 5.90. The molecule has 0 spiro atoms. The van der Waals surface area contributed by atoms with Gasteiger partial charge in [0.15, 0.2) is 0 Å². The van der Waals surface area contributed by atoms with Crippen LogP contribution >= 0.6 is 11.6 Å². The fourth-order valence-corrected chi connectivity index (χ4v) is 4.17. The molecule has 1 fully saturated rings. The minimum absolute atomic E-state index is 0.408. The molecule has 2 aromatic rings. The third kappa shape index (κ3) is 4.19. The summed E-state index contributed by atoms with van der Waals surface area (Å²) in [6, 6.07) is 3.08. The van der Waals surface area contributed by atoms with E-state index < -0.39 is 26.4 Å². The third-order valence-corrected chi connectivity index (χ3v) is 7.99. The summed E-state index contributed by atoms with van der Waals surface area (Å²) in [4.78, 5) is 0. The summed E-state index contributed by atoms with van der Waals surface area (Å²) in [6.45, 7) is 18.4. The van der Waals surface area contributed by atoms with Crippen LogP contribution in [-0.2, 0) is 20.8 Å². The lowest BCUT2D eigenvalue weighted by molar-refractivity contribution is 0.00578. The monoisotopic (exact) mass is 422 g/mol. The van der Waals surface area contributed by atoms with Crippen LogP contribution in [0, 0.1) is 6.92 Å². The molecule has 0 atom stereocenters. The molecule has 2 heterocycles. The Labute approximate surface area is 174 Å². The van der Waals surface area contributed by atoms with E-state index in [1.165, 1.54) is 0 Å². The molecule has 0 unspecified atom stereocenters. The van der Waals surface area contributed by atoms with Crippen molar-refractivity contribution in [3.63, 3.8) is 0 Å². The van der Waals surface area contributed by atoms with Crippen LogP contribution in [0.25, 0.3) is 10.9 Å². The molecule has 0 N–H and O–H groups in total. The van der Waals surface area contributed by atoms with E-state index in [9.17, 15) is 0 Å². The van der Waals surface area contributed by atoms with Crippen LogP contribution in [0.15, 0.2) is 12.3 Å². The predicted octanol–water partition coefficient (Wildman–Crippen LogP) is 4.61. The maximum atomic E-state index is 6.58. The SMILES string of the molecule is Cc1c(Cl)cc2c(cnn2COCC[Si](C)(C)C)c1B1OC(C)(C)C(C)(C)O1. The van der Waals surface area contributed by atoms with Crippen molar-refractivity contribution in [1.82, 2.24) is 9.78 Å². The zero-order valence-electron chi connectivity index (χ0n) is 18.4. The maximum Gasteiger partial charge on any atom is 0.495 e. The van der Waals surface area contributed by atoms with Gasteiger partial charge in [-0.3, -0.25) is 0 Å². The molecule has 1 aliphatic rings. The highest BCUT2D eigenvalue weighted by molar-refractivity contribution is 6.76. The van der Waals surface area contributed by atoms with E-state index >= 15 is 0 Å². The van der Waals surface area contributed by atoms with Crippen molar-refractivity contribution < 1.29 is 14.0 Å². The molecule has 1 saturated heterocycles. The molecule has 1 aliphatic heterocycles. The van der Waals surface area contributed by atoms with Crippen molar-refractivity contribution in [2.75, 3.05) is 6.61 Å². The Balaban J connectivity index is 1.90. The van der Waals surface area contributed by atoms with Crippen molar-refractivity contribution in [1.29, 1.82) is 0 Å². The molecule has 0 aliphatic carbocycles. The molecule has 0 bridgehead atoms. The number of hydrogen-bond acceptors (Lipinski definition) is 4. The molecule has 0 saturated carbocycles. The van der Waals surface area contributed by atoms with Crippen LogP contribution in [0.2, 0.25) is 30.7 Å². The molecular weight excluding hydrogens is 391 g/mol. The molecule has 1 aromatic carbocycles. The summed E-state index contributed by atoms with van der Waals surface area (Å²) in [5.74, 6) is 0. The van der Waals surface area contributed by atoms with E-state index in [1.54, 1.807) is 0 Å². The van der Waals surface area contributed by atoms with Crippen molar-refractivity contribution in [2.45, 2.75) is 78.2 Å². The van der Waals surface area contributed by atoms with Crippen LogP contribution < -0.4 is 5.46 Å². The highest BCUT2D eigenvalue weighted by Gasteiger charge is 2.52. The van der Waals surface area contributed by atoms with Crippen LogP contribution in [0.3, 0.4) is 0 Å². The summed E-state index contributed by atoms with van der Waals surface area (Å²) < 4.78 is 20.3. The van der Waals surface area contributed by atoms with Gasteiger partial charge in [0.2, 0.25) is 0 Å². The highest BCUT2D eigenvalue weighted by atomic mass is 35.5. The lowest BCUT2D eigenvalue weighted by atomic mass is 9.74. The summed E-state index contributed by atoms with van der Waals surface area (Å²) in [6.07, 6.45) is 1.86. The summed E-state index contributed by atoms with van der Waals surface area (Å²) >= 11 is 6.58. The first-order valence-corrected chi connectivity index (χ1v) is 14.0. The Kier molecular flexibility index (Phi) is 5.80. The fraction of sp³-hybridized carbons (Fsp3) is 0.650. The van der Waals surface area contributed by atoms with Crippen LogP contribution in [0.5, 0.6) is 0 Å². The lowest BCUT2D eigenvalue weighted by Crippen LogP contribution is -2.41. The second-order valence-electron chi connectivity index (χ2n) is 9.91. The number of nitrogens with zero attached hydrogens (tertiary/aromatic N) is 2. The standard InChI is InChI=1S/C20H32BClN2O3Si/c1-14-16(22)11-17-15(12-23-24(17)13-25-9-10-28(6,7)8)18(14)21-26-19(2,3)20(4,5)27-21/h11-12H,9-10,13H2,1-8H3. The van der Waals surface area contributed by atoms with Crippen LogP contribution in [-0.4, -0.2) is 42.8 Å². The molecule has 8 heteroatoms. The number of ether oxygens (including phenoxy) is 1. The Morgan fingerprint density at radius 2 is 1.79 bits per heavy atom. The molecular formula is C20H32BClN2O3Si. The minimum Gasteiger partial charge on any atom is -0.399 e. The molecule has 28 heavy (non-hydrogen) atoms. The van der Waals surface area contributed by atoms with E-state index in [1.807, 2.05) is 23.9 Å². The molecule has 0 radical (unpaired) electrons. The van der Waals surface area contributed by atoms with Gasteiger partial charge in [-0.05, 0) is 57.8 Å². The first-order chi connectivity index (χ1) is 12.8. The van der Waals surface area contributed by atoms with Crippen molar-refractivity contribution in [2.24, 2.45) is 0 Å². The van der Waals surface area contributed by atoms with Gasteiger partial charge in [-0.1, -0.05) is 31.2 Å². The summed E-state index contributed by atoms with van der Waals surface area (Å²) in [7, 11) is -1.59. The molecule has 3 rings (SSSR count). The number of fused-ring (bicyclic) bond motifs is 1. The Morgan fingerprint density at radius 1 is 1.18 bits per heavy atom. The van der Waals surface area contributed by atoms with Gasteiger partial charge in [-0.25, -0.2) is 4.68 Å². The van der Waals surface area contributed by atoms with Crippen LogP contribution in [0.4, 0.5) is 0 Å². The van der Waals surface area contributed by atoms with E-state index in [0.29, 0.717) is 11.8 Å². The van der Waals surface area contributed by atoms with Gasteiger partial charge in [0, 0.05) is 25.1 Å². The second kappa shape index (κ2) is 7.44. The number of benzene rings is 1. The number of halogens is 1. The van der Waals surface area contributed by atoms with Gasteiger partial charge in [-0.15, -0.1) is 0 Å². The van der Waals surface area contributed by atoms with E-state index in [2.05, 4.69) is 52.4 Å². The molecule has 1 aromatic heterocycles. The van der Waals surface area contributed by atoms with Gasteiger partial charge in [0.25, 0.3) is 0 Å². The Morgan fingerprint density at radius 3 is 2.36 bits per heavy atom. The number of aromatic nitrogens is 2. The lowest BCUT2D eigenvalue weighted by Gasteiger charge is -2.32. The van der Waals surface area contributed by atoms with Gasteiger partial charge in [-0.2, -0.15) is 5.10 Å². The average Bonchev–Trinajstić information content (AvgIpc) is 3.02. The van der Waals surface area contributed by atoms with Gasteiger partial charge >= 0.3 is 7.12 Å². The molecule has 0 amide bonds. The summed E-state index contributed by atoms with van der Waals surface area (Å²) in [5, 5.41) is 6.23. The minimum atomic E-state index is -1.11. The van der Waals surface area contributed by atoms with Crippen molar-refractivity contribution >= 4 is 43.2 Å². The summed E-state index contributed by atoms with van der Waals surface area (Å²) in [5.41, 5.74) is 2.04. The first kappa shape index (κ1) is 21.8. The zero-order valence-corrected chi connectivity index (χ0v) is 20.1. The maximum absolute atomic E-state index is 6.58. The first-order valence-electron chi connectivity index (χ1n) is 9.90. The fourth-order valence-electron chi connectivity index (χ4n) is 3.21. The predicted molar refractivity (Wildman–Crippen MR) is 119 cm³/mol. The van der Waals surface area contributed by atoms with Gasteiger partial charge < -0.3 is 14.0 Å². The largest absolute Gasteiger partial charge is 0.495 e. The second-order valence-corrected chi connectivity index (χ2v) is 15.9. The van der Waals surface area contributed by atoms with Crippen LogP contribution in [0.1, 0.15) is 33.3 Å². The van der Waals surface area contributed by atoms with E-state index in [0.717, 1.165) is 34.6 Å². The molecule has 5 nitrogen and oxygen atoms in total. The van der Waals surface area contributed by atoms with E-state index in [4.69, 9.17) is 25.6 Å². The van der Waals surface area contributed by atoms with E-state index in [-0.39, 0.29) is 0 Å². The number of hydrogen-bond donors (Lipinski definition) is 0. The van der Waals surface area contributed by atoms with Gasteiger partial charge in [0.1, 0.15) is 6.73 Å². The smallest absolute Gasteiger partial charge is 0.399 e. The Bertz CT molecular complexity index is 860. The highest BCUT2D eigenvalue weighted by Crippen LogP contribution is 2.38. The average molecular weight is 423 g/mol. The topological polar surface area (TPSA) is 45.5 Å². The molecule has 154 valence electrons. The normalized spacial score (nSPS) is 19.0. The number of rotatable bonds is 6. The quantitative estimate of drug-likeness (QED) is 0.504. The zero-order chi connectivity index (χ0) is 20.9.